The van der Waals surface area contributed by atoms with E-state index in [1.54, 1.807) is 42.5 Å². The number of amides is 1. The van der Waals surface area contributed by atoms with E-state index in [9.17, 15) is 9.59 Å². The number of hydrogen-bond acceptors (Lipinski definition) is 3. The van der Waals surface area contributed by atoms with E-state index >= 15 is 0 Å². The molecule has 5 nitrogen and oxygen atoms in total. The molecule has 0 radical (unpaired) electrons. The number of aromatic carboxylic acids is 1. The molecule has 0 atom stereocenters. The van der Waals surface area contributed by atoms with Crippen LogP contribution in [0, 0.1) is 0 Å². The highest BCUT2D eigenvalue weighted by Gasteiger charge is 2.13. The van der Waals surface area contributed by atoms with Crippen LogP contribution < -0.4 is 10.1 Å². The van der Waals surface area contributed by atoms with Crippen molar-refractivity contribution in [1.82, 2.24) is 5.32 Å². The first-order chi connectivity index (χ1) is 15.0. The highest BCUT2D eigenvalue weighted by molar-refractivity contribution is 6.31. The van der Waals surface area contributed by atoms with Crippen LogP contribution in [0.3, 0.4) is 0 Å². The molecular formula is C25H24ClNO4. The Morgan fingerprint density at radius 3 is 2.23 bits per heavy atom. The van der Waals surface area contributed by atoms with Crippen molar-refractivity contribution in [2.24, 2.45) is 0 Å². The van der Waals surface area contributed by atoms with Crippen LogP contribution >= 0.6 is 11.6 Å². The fourth-order valence-corrected chi connectivity index (χ4v) is 3.27. The van der Waals surface area contributed by atoms with E-state index in [0.717, 1.165) is 23.1 Å². The third-order valence-corrected chi connectivity index (χ3v) is 5.00. The van der Waals surface area contributed by atoms with Crippen LogP contribution in [0.15, 0.2) is 66.7 Å². The van der Waals surface area contributed by atoms with Crippen molar-refractivity contribution in [3.05, 3.63) is 88.4 Å². The molecular weight excluding hydrogens is 414 g/mol. The van der Waals surface area contributed by atoms with E-state index in [4.69, 9.17) is 21.4 Å². The van der Waals surface area contributed by atoms with Gasteiger partial charge in [-0.3, -0.25) is 4.79 Å². The molecule has 0 heterocycles. The molecule has 0 aromatic heterocycles. The summed E-state index contributed by atoms with van der Waals surface area (Å²) in [6.07, 6.45) is 1.53. The molecule has 0 aliphatic carbocycles. The zero-order valence-electron chi connectivity index (χ0n) is 17.2. The number of rotatable bonds is 9. The summed E-state index contributed by atoms with van der Waals surface area (Å²) in [4.78, 5) is 23.6. The van der Waals surface area contributed by atoms with Gasteiger partial charge in [0.2, 0.25) is 0 Å². The Morgan fingerprint density at radius 2 is 1.61 bits per heavy atom. The van der Waals surface area contributed by atoms with Crippen LogP contribution in [0.4, 0.5) is 0 Å². The Kier molecular flexibility index (Phi) is 7.68. The molecule has 0 unspecified atom stereocenters. The summed E-state index contributed by atoms with van der Waals surface area (Å²) >= 11 is 6.05. The fraction of sp³-hybridized carbons (Fsp3) is 0.200. The van der Waals surface area contributed by atoms with E-state index in [1.807, 2.05) is 31.2 Å². The predicted molar refractivity (Wildman–Crippen MR) is 122 cm³/mol. The van der Waals surface area contributed by atoms with Crippen LogP contribution in [-0.4, -0.2) is 30.1 Å². The maximum atomic E-state index is 12.6. The number of carbonyl (C=O) groups is 2. The van der Waals surface area contributed by atoms with Crippen molar-refractivity contribution < 1.29 is 19.4 Å². The lowest BCUT2D eigenvalue weighted by Gasteiger charge is -2.12. The lowest BCUT2D eigenvalue weighted by atomic mass is 10.0. The summed E-state index contributed by atoms with van der Waals surface area (Å²) < 4.78 is 5.65. The first-order valence-corrected chi connectivity index (χ1v) is 10.5. The maximum Gasteiger partial charge on any atom is 0.335 e. The number of hydrogen-bond donors (Lipinski definition) is 2. The number of halogens is 1. The van der Waals surface area contributed by atoms with Gasteiger partial charge in [0.15, 0.2) is 0 Å². The summed E-state index contributed by atoms with van der Waals surface area (Å²) in [6, 6.07) is 19.8. The molecule has 0 aliphatic heterocycles. The minimum atomic E-state index is -0.939. The van der Waals surface area contributed by atoms with Gasteiger partial charge in [-0.2, -0.15) is 0 Å². The lowest BCUT2D eigenvalue weighted by Crippen LogP contribution is -2.26. The molecule has 1 amide bonds. The monoisotopic (exact) mass is 437 g/mol. The highest BCUT2D eigenvalue weighted by Crippen LogP contribution is 2.23. The van der Waals surface area contributed by atoms with Crippen LogP contribution in [0.1, 0.15) is 39.6 Å². The maximum absolute atomic E-state index is 12.6. The molecule has 0 spiro atoms. The van der Waals surface area contributed by atoms with Crippen LogP contribution in [-0.2, 0) is 6.42 Å². The largest absolute Gasteiger partial charge is 0.493 e. The Morgan fingerprint density at radius 1 is 0.968 bits per heavy atom. The fourth-order valence-electron chi connectivity index (χ4n) is 3.10. The van der Waals surface area contributed by atoms with Gasteiger partial charge in [0.1, 0.15) is 5.75 Å². The Hall–Kier alpha value is -3.31. The summed E-state index contributed by atoms with van der Waals surface area (Å²) in [7, 11) is 0. The quantitative estimate of drug-likeness (QED) is 0.465. The van der Waals surface area contributed by atoms with Crippen LogP contribution in [0.5, 0.6) is 5.75 Å². The van der Waals surface area contributed by atoms with Crippen molar-refractivity contribution in [1.29, 1.82) is 0 Å². The number of ether oxygens (including phenoxy) is 1. The zero-order valence-corrected chi connectivity index (χ0v) is 18.0. The van der Waals surface area contributed by atoms with Gasteiger partial charge in [-0.1, -0.05) is 54.9 Å². The minimum Gasteiger partial charge on any atom is -0.493 e. The Labute approximate surface area is 186 Å². The van der Waals surface area contributed by atoms with E-state index in [0.29, 0.717) is 35.9 Å². The van der Waals surface area contributed by atoms with Gasteiger partial charge in [-0.05, 0) is 59.9 Å². The summed E-state index contributed by atoms with van der Waals surface area (Å²) in [5.74, 6) is -0.628. The van der Waals surface area contributed by atoms with Crippen LogP contribution in [0.2, 0.25) is 5.02 Å². The molecule has 3 aromatic carbocycles. The van der Waals surface area contributed by atoms with E-state index < -0.39 is 5.97 Å². The molecule has 3 aromatic rings. The minimum absolute atomic E-state index is 0.219. The van der Waals surface area contributed by atoms with Gasteiger partial charge >= 0.3 is 5.97 Å². The number of nitrogens with one attached hydrogen (secondary N) is 1. The number of carboxylic acid groups (broad SMARTS) is 1. The van der Waals surface area contributed by atoms with Gasteiger partial charge in [0.25, 0.3) is 5.91 Å². The molecule has 31 heavy (non-hydrogen) atoms. The summed E-state index contributed by atoms with van der Waals surface area (Å²) in [5, 5.41) is 12.4. The van der Waals surface area contributed by atoms with E-state index in [2.05, 4.69) is 5.32 Å². The van der Waals surface area contributed by atoms with E-state index in [1.165, 1.54) is 0 Å². The zero-order chi connectivity index (χ0) is 22.2. The Bertz CT molecular complexity index is 1050. The smallest absolute Gasteiger partial charge is 0.335 e. The van der Waals surface area contributed by atoms with E-state index in [-0.39, 0.29) is 11.5 Å². The molecule has 3 rings (SSSR count). The standard InChI is InChI=1S/C25H24ClNO4/c1-2-15-31-23-12-11-21(26)16-22(23)24(28)27-14-13-17-3-5-18(6-4-17)19-7-9-20(10-8-19)25(29)30/h3-12,16H,2,13-15H2,1H3,(H,27,28)(H,29,30). The van der Waals surface area contributed by atoms with Gasteiger partial charge < -0.3 is 15.2 Å². The summed E-state index contributed by atoms with van der Waals surface area (Å²) in [6.45, 7) is 3.02. The van der Waals surface area contributed by atoms with Gasteiger partial charge in [0, 0.05) is 11.6 Å². The molecule has 0 saturated heterocycles. The lowest BCUT2D eigenvalue weighted by molar-refractivity contribution is 0.0696. The Balaban J connectivity index is 1.58. The molecule has 0 fully saturated rings. The second-order valence-corrected chi connectivity index (χ2v) is 7.51. The SMILES string of the molecule is CCCOc1ccc(Cl)cc1C(=O)NCCc1ccc(-c2ccc(C(=O)O)cc2)cc1. The average molecular weight is 438 g/mol. The highest BCUT2D eigenvalue weighted by atomic mass is 35.5. The van der Waals surface area contributed by atoms with Crippen molar-refractivity contribution >= 4 is 23.5 Å². The second-order valence-electron chi connectivity index (χ2n) is 7.07. The first kappa shape index (κ1) is 22.4. The normalized spacial score (nSPS) is 10.5. The van der Waals surface area contributed by atoms with Gasteiger partial charge in [0.05, 0.1) is 17.7 Å². The third kappa shape index (κ3) is 6.09. The van der Waals surface area contributed by atoms with Gasteiger partial charge in [-0.25, -0.2) is 4.79 Å². The molecule has 6 heteroatoms. The first-order valence-electron chi connectivity index (χ1n) is 10.1. The number of carboxylic acids is 1. The van der Waals surface area contributed by atoms with Crippen molar-refractivity contribution in [2.75, 3.05) is 13.2 Å². The van der Waals surface area contributed by atoms with Crippen molar-refractivity contribution in [3.63, 3.8) is 0 Å². The van der Waals surface area contributed by atoms with Crippen molar-refractivity contribution in [2.45, 2.75) is 19.8 Å². The predicted octanol–water partition coefficient (Wildman–Crippen LogP) is 5.47. The molecule has 2 N–H and O–H groups in total. The average Bonchev–Trinajstić information content (AvgIpc) is 2.78. The molecule has 0 saturated carbocycles. The number of benzene rings is 3. The molecule has 0 aliphatic rings. The molecule has 0 bridgehead atoms. The van der Waals surface area contributed by atoms with Crippen molar-refractivity contribution in [3.8, 4) is 16.9 Å². The second kappa shape index (κ2) is 10.6. The van der Waals surface area contributed by atoms with Gasteiger partial charge in [-0.15, -0.1) is 0 Å². The summed E-state index contributed by atoms with van der Waals surface area (Å²) in [5.41, 5.74) is 3.73. The topological polar surface area (TPSA) is 75.6 Å². The van der Waals surface area contributed by atoms with Crippen LogP contribution in [0.25, 0.3) is 11.1 Å². The third-order valence-electron chi connectivity index (χ3n) is 4.77. The molecule has 160 valence electrons. The number of carbonyl (C=O) groups excluding carboxylic acids is 1.